The Morgan fingerprint density at radius 1 is 1.30 bits per heavy atom. The van der Waals surface area contributed by atoms with Gasteiger partial charge < -0.3 is 14.6 Å². The van der Waals surface area contributed by atoms with Crippen LogP contribution in [0.5, 0.6) is 5.88 Å². The van der Waals surface area contributed by atoms with Gasteiger partial charge >= 0.3 is 12.1 Å². The molecule has 0 unspecified atom stereocenters. The van der Waals surface area contributed by atoms with Gasteiger partial charge in [0.1, 0.15) is 16.7 Å². The van der Waals surface area contributed by atoms with Gasteiger partial charge in [0, 0.05) is 6.07 Å². The number of rotatable bonds is 3. The maximum Gasteiger partial charge on any atom is 0.412 e. The number of pyridine rings is 1. The lowest BCUT2D eigenvalue weighted by molar-refractivity contribution is 0.0633. The molecule has 8 heteroatoms. The third-order valence-corrected chi connectivity index (χ3v) is 2.98. The smallest absolute Gasteiger partial charge is 0.412 e. The van der Waals surface area contributed by atoms with Gasteiger partial charge in [0.2, 0.25) is 5.88 Å². The minimum Gasteiger partial charge on any atom is -0.481 e. The van der Waals surface area contributed by atoms with E-state index in [1.165, 1.54) is 11.6 Å². The van der Waals surface area contributed by atoms with Crippen LogP contribution in [-0.2, 0) is 4.74 Å². The number of amides is 1. The average Bonchev–Trinajstić information content (AvgIpc) is 2.74. The van der Waals surface area contributed by atoms with E-state index in [9.17, 15) is 14.7 Å². The van der Waals surface area contributed by atoms with Crippen LogP contribution in [0.15, 0.2) is 12.1 Å². The molecule has 0 aliphatic rings. The van der Waals surface area contributed by atoms with Crippen molar-refractivity contribution < 1.29 is 24.2 Å². The van der Waals surface area contributed by atoms with E-state index in [0.717, 1.165) is 0 Å². The number of carbonyl (C=O) groups excluding carboxylic acids is 1. The lowest BCUT2D eigenvalue weighted by atomic mass is 10.2. The van der Waals surface area contributed by atoms with E-state index in [2.05, 4.69) is 10.4 Å². The van der Waals surface area contributed by atoms with Crippen LogP contribution >= 0.6 is 0 Å². The predicted octanol–water partition coefficient (Wildman–Crippen LogP) is 2.70. The molecule has 8 nitrogen and oxygen atoms in total. The lowest BCUT2D eigenvalue weighted by Crippen LogP contribution is -2.27. The largest absolute Gasteiger partial charge is 0.481 e. The van der Waals surface area contributed by atoms with Gasteiger partial charge in [0.15, 0.2) is 0 Å². The molecule has 124 valence electrons. The third kappa shape index (κ3) is 3.36. The van der Waals surface area contributed by atoms with E-state index in [4.69, 9.17) is 9.47 Å². The van der Waals surface area contributed by atoms with E-state index < -0.39 is 17.7 Å². The molecule has 0 radical (unpaired) electrons. The molecule has 2 N–H and O–H groups in total. The quantitative estimate of drug-likeness (QED) is 0.901. The number of ether oxygens (including phenoxy) is 2. The first-order chi connectivity index (χ1) is 10.6. The Hall–Kier alpha value is -2.77. The van der Waals surface area contributed by atoms with Crippen molar-refractivity contribution in [3.63, 3.8) is 0 Å². The number of carbonyl (C=O) groups is 2. The number of aromatic carboxylic acids is 1. The molecule has 0 spiro atoms. The molecule has 0 fully saturated rings. The summed E-state index contributed by atoms with van der Waals surface area (Å²) in [6.07, 6.45) is -0.681. The van der Waals surface area contributed by atoms with Gasteiger partial charge in [-0.05, 0) is 33.8 Å². The van der Waals surface area contributed by atoms with Crippen molar-refractivity contribution in [3.8, 4) is 5.88 Å². The number of hydrogen-bond acceptors (Lipinski definition) is 5. The highest BCUT2D eigenvalue weighted by atomic mass is 16.6. The van der Waals surface area contributed by atoms with Crippen LogP contribution < -0.4 is 10.1 Å². The molecule has 2 rings (SSSR count). The van der Waals surface area contributed by atoms with Crippen LogP contribution in [0.2, 0.25) is 0 Å². The van der Waals surface area contributed by atoms with Crippen LogP contribution in [0, 0.1) is 6.92 Å². The van der Waals surface area contributed by atoms with Crippen LogP contribution in [0.25, 0.3) is 5.52 Å². The summed E-state index contributed by atoms with van der Waals surface area (Å²) in [5.74, 6) is -0.789. The fourth-order valence-corrected chi connectivity index (χ4v) is 2.16. The van der Waals surface area contributed by atoms with E-state index in [0.29, 0.717) is 11.6 Å². The zero-order chi connectivity index (χ0) is 17.4. The van der Waals surface area contributed by atoms with E-state index in [-0.39, 0.29) is 16.8 Å². The normalized spacial score (nSPS) is 11.3. The van der Waals surface area contributed by atoms with Gasteiger partial charge in [0.05, 0.1) is 18.5 Å². The summed E-state index contributed by atoms with van der Waals surface area (Å²) in [6, 6.07) is 3.13. The molecule has 0 aliphatic carbocycles. The number of nitrogens with zero attached hydrogens (tertiary/aromatic N) is 2. The number of fused-ring (bicyclic) bond motifs is 1. The predicted molar refractivity (Wildman–Crippen MR) is 83.3 cm³/mol. The SMILES string of the molecule is COc1ccc(NC(=O)OC(C)(C)C)c2c(C(=O)O)c(C)nn12. The van der Waals surface area contributed by atoms with Gasteiger partial charge in [-0.1, -0.05) is 0 Å². The molecule has 0 bridgehead atoms. The minimum atomic E-state index is -1.14. The van der Waals surface area contributed by atoms with Crippen molar-refractivity contribution in [2.45, 2.75) is 33.3 Å². The minimum absolute atomic E-state index is 0.00467. The Kier molecular flexibility index (Phi) is 4.18. The average molecular weight is 321 g/mol. The second kappa shape index (κ2) is 5.79. The van der Waals surface area contributed by atoms with Crippen molar-refractivity contribution in [1.82, 2.24) is 9.61 Å². The molecule has 0 atom stereocenters. The van der Waals surface area contributed by atoms with Crippen molar-refractivity contribution >= 4 is 23.3 Å². The van der Waals surface area contributed by atoms with Crippen molar-refractivity contribution in [3.05, 3.63) is 23.4 Å². The zero-order valence-corrected chi connectivity index (χ0v) is 13.6. The molecule has 23 heavy (non-hydrogen) atoms. The number of hydrogen-bond donors (Lipinski definition) is 2. The van der Waals surface area contributed by atoms with E-state index in [1.807, 2.05) is 0 Å². The van der Waals surface area contributed by atoms with E-state index >= 15 is 0 Å². The van der Waals surface area contributed by atoms with Gasteiger partial charge in [-0.25, -0.2) is 9.59 Å². The van der Waals surface area contributed by atoms with Gasteiger partial charge in [0.25, 0.3) is 0 Å². The topological polar surface area (TPSA) is 102 Å². The second-order valence-electron chi connectivity index (χ2n) is 5.94. The summed E-state index contributed by atoms with van der Waals surface area (Å²) in [5.41, 5.74) is 0.154. The maximum atomic E-state index is 12.0. The molecule has 2 aromatic rings. The van der Waals surface area contributed by atoms with Crippen LogP contribution in [0.3, 0.4) is 0 Å². The lowest BCUT2D eigenvalue weighted by Gasteiger charge is -2.20. The summed E-state index contributed by atoms with van der Waals surface area (Å²) < 4.78 is 11.7. The molecule has 2 aromatic heterocycles. The van der Waals surface area contributed by atoms with Crippen molar-refractivity contribution in [1.29, 1.82) is 0 Å². The fourth-order valence-electron chi connectivity index (χ4n) is 2.16. The van der Waals surface area contributed by atoms with Crippen LogP contribution in [0.1, 0.15) is 36.8 Å². The third-order valence-electron chi connectivity index (χ3n) is 2.98. The number of carboxylic acid groups (broad SMARTS) is 1. The summed E-state index contributed by atoms with van der Waals surface area (Å²) >= 11 is 0. The summed E-state index contributed by atoms with van der Waals surface area (Å²) in [5, 5.41) is 16.1. The Morgan fingerprint density at radius 3 is 2.48 bits per heavy atom. The van der Waals surface area contributed by atoms with Crippen LogP contribution in [-0.4, -0.2) is 39.5 Å². The van der Waals surface area contributed by atoms with Crippen LogP contribution in [0.4, 0.5) is 10.5 Å². The van der Waals surface area contributed by atoms with Gasteiger partial charge in [-0.2, -0.15) is 9.61 Å². The molecule has 2 heterocycles. The van der Waals surface area contributed by atoms with Crippen molar-refractivity contribution in [2.24, 2.45) is 0 Å². The summed E-state index contributed by atoms with van der Waals surface area (Å²) in [6.45, 7) is 6.79. The fraction of sp³-hybridized carbons (Fsp3) is 0.400. The number of aryl methyl sites for hydroxylation is 1. The molecule has 0 saturated heterocycles. The molecular formula is C15H19N3O5. The van der Waals surface area contributed by atoms with E-state index in [1.54, 1.807) is 39.8 Å². The molecule has 0 aromatic carbocycles. The second-order valence-corrected chi connectivity index (χ2v) is 5.94. The first-order valence-electron chi connectivity index (χ1n) is 6.93. The highest BCUT2D eigenvalue weighted by molar-refractivity contribution is 6.03. The standard InChI is InChI=1S/C15H19N3O5/c1-8-11(13(19)20)12-9(16-14(21)23-15(2,3)4)6-7-10(22-5)18(12)17-8/h6-7H,1-5H3,(H,16,21)(H,19,20). The molecule has 1 amide bonds. The summed E-state index contributed by atoms with van der Waals surface area (Å²) in [4.78, 5) is 23.5. The summed E-state index contributed by atoms with van der Waals surface area (Å²) in [7, 11) is 1.45. The van der Waals surface area contributed by atoms with Gasteiger partial charge in [-0.15, -0.1) is 0 Å². The number of anilines is 1. The highest BCUT2D eigenvalue weighted by Gasteiger charge is 2.23. The first-order valence-corrected chi connectivity index (χ1v) is 6.93. The number of methoxy groups -OCH3 is 1. The Morgan fingerprint density at radius 2 is 1.96 bits per heavy atom. The Labute approximate surface area is 133 Å². The maximum absolute atomic E-state index is 12.0. The van der Waals surface area contributed by atoms with Gasteiger partial charge in [-0.3, -0.25) is 5.32 Å². The number of carboxylic acids is 1. The highest BCUT2D eigenvalue weighted by Crippen LogP contribution is 2.28. The monoisotopic (exact) mass is 321 g/mol. The number of nitrogens with one attached hydrogen (secondary N) is 1. The number of aromatic nitrogens is 2. The first kappa shape index (κ1) is 16.6. The molecule has 0 aliphatic heterocycles. The Balaban J connectivity index is 2.56. The Bertz CT molecular complexity index is 773. The zero-order valence-electron chi connectivity index (χ0n) is 13.6. The molecular weight excluding hydrogens is 302 g/mol. The molecule has 0 saturated carbocycles. The van der Waals surface area contributed by atoms with Crippen molar-refractivity contribution in [2.75, 3.05) is 12.4 Å².